The Bertz CT molecular complexity index is 1010. The summed E-state index contributed by atoms with van der Waals surface area (Å²) >= 11 is 0. The lowest BCUT2D eigenvalue weighted by atomic mass is 9.97. The van der Waals surface area contributed by atoms with E-state index in [1.165, 1.54) is 13.2 Å². The number of hydrogen-bond donors (Lipinski definition) is 2. The maximum atomic E-state index is 13.5. The van der Waals surface area contributed by atoms with E-state index in [2.05, 4.69) is 15.3 Å². The number of imidazole rings is 1. The van der Waals surface area contributed by atoms with Crippen LogP contribution >= 0.6 is 0 Å². The van der Waals surface area contributed by atoms with Crippen molar-refractivity contribution in [1.29, 1.82) is 0 Å². The zero-order chi connectivity index (χ0) is 22.5. The molecule has 0 aliphatic rings. The monoisotopic (exact) mass is 434 g/mol. The van der Waals surface area contributed by atoms with Gasteiger partial charge in [0, 0.05) is 32.2 Å². The quantitative estimate of drug-likeness (QED) is 0.569. The number of aromatic nitrogens is 3. The molecule has 1 amide bonds. The summed E-state index contributed by atoms with van der Waals surface area (Å²) in [6.07, 6.45) is -2.22. The smallest absolute Gasteiger partial charge is 0.425 e. The van der Waals surface area contributed by atoms with Gasteiger partial charge in [-0.3, -0.25) is 9.78 Å². The highest BCUT2D eigenvalue weighted by Crippen LogP contribution is 2.40. The fraction of sp³-hybridized carbons (Fsp3) is 0.286. The molecular weight excluding hydrogens is 413 g/mol. The van der Waals surface area contributed by atoms with E-state index >= 15 is 0 Å². The first kappa shape index (κ1) is 22.3. The lowest BCUT2D eigenvalue weighted by Gasteiger charge is -2.29. The molecule has 2 aromatic heterocycles. The molecule has 164 valence electrons. The van der Waals surface area contributed by atoms with Crippen LogP contribution in [0.25, 0.3) is 0 Å². The van der Waals surface area contributed by atoms with E-state index < -0.39 is 29.9 Å². The van der Waals surface area contributed by atoms with Crippen molar-refractivity contribution in [3.05, 3.63) is 78.1 Å². The molecule has 10 heteroatoms. The lowest BCUT2D eigenvalue weighted by molar-refractivity contribution is -0.271. The van der Waals surface area contributed by atoms with E-state index in [4.69, 9.17) is 4.74 Å². The number of aryl methyl sites for hydroxylation is 1. The number of amides is 1. The van der Waals surface area contributed by atoms with Crippen molar-refractivity contribution in [3.63, 3.8) is 0 Å². The molecule has 0 spiro atoms. The van der Waals surface area contributed by atoms with Gasteiger partial charge >= 0.3 is 6.18 Å². The average molecular weight is 434 g/mol. The first-order chi connectivity index (χ1) is 14.7. The number of pyridine rings is 1. The number of rotatable bonds is 8. The largest absolute Gasteiger partial charge is 0.487 e. The number of nitrogens with zero attached hydrogens (tertiary/aromatic N) is 3. The minimum Gasteiger partial charge on any atom is -0.487 e. The molecule has 0 fully saturated rings. The third kappa shape index (κ3) is 5.40. The number of carbonyl (C=O) groups is 1. The summed E-state index contributed by atoms with van der Waals surface area (Å²) in [6, 6.07) is 12.2. The molecule has 2 heterocycles. The van der Waals surface area contributed by atoms with E-state index in [9.17, 15) is 23.1 Å². The van der Waals surface area contributed by atoms with E-state index in [0.717, 1.165) is 16.5 Å². The molecule has 1 aromatic carbocycles. The van der Waals surface area contributed by atoms with Crippen LogP contribution in [0, 0.1) is 0 Å². The number of benzene rings is 1. The van der Waals surface area contributed by atoms with Gasteiger partial charge in [0.25, 0.3) is 0 Å². The van der Waals surface area contributed by atoms with Crippen molar-refractivity contribution in [3.8, 4) is 5.75 Å². The molecule has 0 saturated heterocycles. The molecule has 7 nitrogen and oxygen atoms in total. The van der Waals surface area contributed by atoms with Crippen molar-refractivity contribution in [2.45, 2.75) is 31.3 Å². The number of aliphatic hydroxyl groups is 1. The average Bonchev–Trinajstić information content (AvgIpc) is 3.18. The van der Waals surface area contributed by atoms with Crippen molar-refractivity contribution >= 4 is 5.91 Å². The normalized spacial score (nSPS) is 13.5. The minimum absolute atomic E-state index is 0.00609. The molecule has 0 radical (unpaired) electrons. The molecule has 2 N–H and O–H groups in total. The number of halogens is 3. The van der Waals surface area contributed by atoms with Gasteiger partial charge in [-0.15, -0.1) is 0 Å². The predicted molar refractivity (Wildman–Crippen MR) is 105 cm³/mol. The second-order valence-electron chi connectivity index (χ2n) is 6.93. The summed E-state index contributed by atoms with van der Waals surface area (Å²) in [5.41, 5.74) is -1.96. The number of nitrogens with one attached hydrogen (secondary N) is 1. The highest BCUT2D eigenvalue weighted by atomic mass is 19.4. The minimum atomic E-state index is -5.07. The zero-order valence-corrected chi connectivity index (χ0v) is 16.6. The molecule has 3 aromatic rings. The molecule has 1 atom stereocenters. The summed E-state index contributed by atoms with van der Waals surface area (Å²) in [6.45, 7) is 0.286. The molecule has 0 bridgehead atoms. The molecule has 31 heavy (non-hydrogen) atoms. The number of ether oxygens (including phenoxy) is 1. The topological polar surface area (TPSA) is 89.3 Å². The SMILES string of the molecule is Cn1ccnc1C(O)(CC(=O)NCc1ccc(OCc2ccccn2)cc1)C(F)(F)F. The fourth-order valence-corrected chi connectivity index (χ4v) is 2.91. The Balaban J connectivity index is 1.56. The summed E-state index contributed by atoms with van der Waals surface area (Å²) < 4.78 is 47.2. The van der Waals surface area contributed by atoms with Gasteiger partial charge < -0.3 is 19.7 Å². The molecule has 3 rings (SSSR count). The maximum Gasteiger partial charge on any atom is 0.425 e. The van der Waals surface area contributed by atoms with Gasteiger partial charge in [-0.25, -0.2) is 4.98 Å². The Morgan fingerprint density at radius 3 is 2.45 bits per heavy atom. The highest BCUT2D eigenvalue weighted by Gasteiger charge is 2.58. The second kappa shape index (κ2) is 9.17. The van der Waals surface area contributed by atoms with Crippen LogP contribution in [0.15, 0.2) is 61.1 Å². The van der Waals surface area contributed by atoms with Crippen LogP contribution in [0.5, 0.6) is 5.75 Å². The van der Waals surface area contributed by atoms with Gasteiger partial charge in [0.15, 0.2) is 5.82 Å². The van der Waals surface area contributed by atoms with E-state index in [0.29, 0.717) is 17.9 Å². The zero-order valence-electron chi connectivity index (χ0n) is 16.6. The Morgan fingerprint density at radius 1 is 1.13 bits per heavy atom. The highest BCUT2D eigenvalue weighted by molar-refractivity contribution is 5.77. The number of carbonyl (C=O) groups excluding carboxylic acids is 1. The van der Waals surface area contributed by atoms with Crippen molar-refractivity contribution in [2.75, 3.05) is 0 Å². The first-order valence-corrected chi connectivity index (χ1v) is 9.34. The van der Waals surface area contributed by atoms with Crippen LogP contribution in [0.4, 0.5) is 13.2 Å². The van der Waals surface area contributed by atoms with Crippen LogP contribution in [0.2, 0.25) is 0 Å². The van der Waals surface area contributed by atoms with Crippen LogP contribution in [-0.4, -0.2) is 31.7 Å². The van der Waals surface area contributed by atoms with Gasteiger partial charge in [-0.1, -0.05) is 18.2 Å². The van der Waals surface area contributed by atoms with Gasteiger partial charge in [-0.2, -0.15) is 13.2 Å². The molecule has 1 unspecified atom stereocenters. The molecule has 0 aliphatic heterocycles. The molecule has 0 saturated carbocycles. The van der Waals surface area contributed by atoms with E-state index in [1.54, 1.807) is 36.5 Å². The standard InChI is InChI=1S/C21H21F3N4O3/c1-28-11-10-26-19(28)20(30,21(22,23)24)12-18(29)27-13-15-5-7-17(8-6-15)31-14-16-4-2-3-9-25-16/h2-11,30H,12-14H2,1H3,(H,27,29). The summed E-state index contributed by atoms with van der Waals surface area (Å²) in [5, 5.41) is 12.7. The van der Waals surface area contributed by atoms with Gasteiger partial charge in [0.2, 0.25) is 11.5 Å². The third-order valence-corrected chi connectivity index (χ3v) is 4.60. The lowest BCUT2D eigenvalue weighted by Crippen LogP contribution is -2.47. The van der Waals surface area contributed by atoms with Gasteiger partial charge in [0.1, 0.15) is 12.4 Å². The predicted octanol–water partition coefficient (Wildman–Crippen LogP) is 2.85. The Labute approximate surface area is 176 Å². The van der Waals surface area contributed by atoms with E-state index in [1.807, 2.05) is 12.1 Å². The van der Waals surface area contributed by atoms with Crippen LogP contribution < -0.4 is 10.1 Å². The first-order valence-electron chi connectivity index (χ1n) is 9.34. The van der Waals surface area contributed by atoms with Gasteiger partial charge in [-0.05, 0) is 29.8 Å². The Kier molecular flexibility index (Phi) is 6.59. The van der Waals surface area contributed by atoms with Crippen molar-refractivity contribution < 1.29 is 27.8 Å². The second-order valence-corrected chi connectivity index (χ2v) is 6.93. The summed E-state index contributed by atoms with van der Waals surface area (Å²) in [7, 11) is 1.31. The number of hydrogen-bond acceptors (Lipinski definition) is 5. The third-order valence-electron chi connectivity index (χ3n) is 4.60. The fourth-order valence-electron chi connectivity index (χ4n) is 2.91. The number of alkyl halides is 3. The van der Waals surface area contributed by atoms with Gasteiger partial charge in [0.05, 0.1) is 12.1 Å². The van der Waals surface area contributed by atoms with E-state index in [-0.39, 0.29) is 6.54 Å². The van der Waals surface area contributed by atoms with Crippen molar-refractivity contribution in [1.82, 2.24) is 19.9 Å². The summed E-state index contributed by atoms with van der Waals surface area (Å²) in [4.78, 5) is 19.9. The Morgan fingerprint density at radius 2 is 1.87 bits per heavy atom. The van der Waals surface area contributed by atoms with Crippen LogP contribution in [-0.2, 0) is 30.6 Å². The van der Waals surface area contributed by atoms with Crippen molar-refractivity contribution in [2.24, 2.45) is 7.05 Å². The molecule has 0 aliphatic carbocycles. The Hall–Kier alpha value is -3.40. The van der Waals surface area contributed by atoms with Crippen LogP contribution in [0.1, 0.15) is 23.5 Å². The maximum absolute atomic E-state index is 13.5. The molecular formula is C21H21F3N4O3. The summed E-state index contributed by atoms with van der Waals surface area (Å²) in [5.74, 6) is -1.02. The van der Waals surface area contributed by atoms with Crippen LogP contribution in [0.3, 0.4) is 0 Å².